The van der Waals surface area contributed by atoms with Crippen LogP contribution in [0.3, 0.4) is 0 Å². The van der Waals surface area contributed by atoms with Crippen LogP contribution in [0.5, 0.6) is 0 Å². The van der Waals surface area contributed by atoms with Crippen LogP contribution in [0.1, 0.15) is 20.8 Å². The molecular weight excluding hydrogens is 272 g/mol. The second-order valence-corrected chi connectivity index (χ2v) is 4.57. The van der Waals surface area contributed by atoms with Gasteiger partial charge in [-0.1, -0.05) is 0 Å². The number of halogens is 2. The Morgan fingerprint density at radius 2 is 1.90 bits per heavy atom. The minimum atomic E-state index is -1.30. The molecule has 0 aromatic heterocycles. The molecule has 1 aromatic carbocycles. The summed E-state index contributed by atoms with van der Waals surface area (Å²) in [7, 11) is 0. The molecule has 6 nitrogen and oxygen atoms in total. The maximum atomic E-state index is 13.4. The number of hydrogen-bond acceptors (Lipinski definition) is 4. The van der Waals surface area contributed by atoms with Crippen molar-refractivity contribution >= 4 is 17.3 Å². The van der Waals surface area contributed by atoms with E-state index in [1.54, 1.807) is 13.8 Å². The van der Waals surface area contributed by atoms with Gasteiger partial charge in [0.05, 0.1) is 4.92 Å². The van der Waals surface area contributed by atoms with Crippen molar-refractivity contribution in [1.82, 2.24) is 5.32 Å². The summed E-state index contributed by atoms with van der Waals surface area (Å²) in [5.41, 5.74) is -1.27. The van der Waals surface area contributed by atoms with Gasteiger partial charge in [-0.3, -0.25) is 14.9 Å². The van der Waals surface area contributed by atoms with Gasteiger partial charge in [0.15, 0.2) is 0 Å². The number of nitro groups is 1. The first-order valence-corrected chi connectivity index (χ1v) is 5.92. The number of rotatable bonds is 5. The molecule has 0 spiro atoms. The fraction of sp³-hybridized carbons (Fsp3) is 0.417. The molecule has 0 aliphatic rings. The van der Waals surface area contributed by atoms with Crippen LogP contribution in [0.15, 0.2) is 12.1 Å². The molecule has 1 aromatic rings. The van der Waals surface area contributed by atoms with E-state index in [0.29, 0.717) is 6.07 Å². The second-order valence-electron chi connectivity index (χ2n) is 4.57. The van der Waals surface area contributed by atoms with E-state index in [-0.39, 0.29) is 11.7 Å². The van der Waals surface area contributed by atoms with Gasteiger partial charge in [-0.25, -0.2) is 4.39 Å². The van der Waals surface area contributed by atoms with Crippen LogP contribution in [0.2, 0.25) is 0 Å². The summed E-state index contributed by atoms with van der Waals surface area (Å²) in [6.07, 6.45) is 0. The van der Waals surface area contributed by atoms with E-state index in [1.807, 2.05) is 0 Å². The van der Waals surface area contributed by atoms with Gasteiger partial charge < -0.3 is 10.6 Å². The van der Waals surface area contributed by atoms with Crippen LogP contribution in [0.25, 0.3) is 0 Å². The first-order chi connectivity index (χ1) is 9.22. The lowest BCUT2D eigenvalue weighted by Gasteiger charge is -2.17. The lowest BCUT2D eigenvalue weighted by molar-refractivity contribution is -0.386. The Hall–Kier alpha value is -2.25. The van der Waals surface area contributed by atoms with Gasteiger partial charge in [-0.05, 0) is 20.8 Å². The van der Waals surface area contributed by atoms with Crippen molar-refractivity contribution < 1.29 is 18.5 Å². The van der Waals surface area contributed by atoms with E-state index < -0.39 is 34.2 Å². The normalized spacial score (nSPS) is 12.1. The van der Waals surface area contributed by atoms with Crippen molar-refractivity contribution in [2.75, 3.05) is 5.32 Å². The fourth-order valence-electron chi connectivity index (χ4n) is 1.57. The number of nitrogens with one attached hydrogen (secondary N) is 2. The van der Waals surface area contributed by atoms with E-state index >= 15 is 0 Å². The van der Waals surface area contributed by atoms with Gasteiger partial charge in [0.1, 0.15) is 17.5 Å². The van der Waals surface area contributed by atoms with Crippen LogP contribution < -0.4 is 10.6 Å². The zero-order valence-electron chi connectivity index (χ0n) is 11.2. The Morgan fingerprint density at radius 3 is 2.40 bits per heavy atom. The molecular formula is C12H15F2N3O3. The lowest BCUT2D eigenvalue weighted by Crippen LogP contribution is -2.41. The Balaban J connectivity index is 3.02. The molecule has 1 rings (SSSR count). The largest absolute Gasteiger partial charge is 0.368 e. The molecule has 1 amide bonds. The minimum absolute atomic E-state index is 0.119. The molecule has 2 N–H and O–H groups in total. The molecule has 0 aliphatic heterocycles. The highest BCUT2D eigenvalue weighted by molar-refractivity contribution is 5.85. The lowest BCUT2D eigenvalue weighted by atomic mass is 10.2. The molecule has 0 bridgehead atoms. The second kappa shape index (κ2) is 6.27. The highest BCUT2D eigenvalue weighted by Crippen LogP contribution is 2.29. The summed E-state index contributed by atoms with van der Waals surface area (Å²) in [6, 6.07) is 0.200. The number of nitrogens with zero attached hydrogens (tertiary/aromatic N) is 1. The number of carbonyl (C=O) groups excluding carboxylic acids is 1. The first kappa shape index (κ1) is 15.8. The van der Waals surface area contributed by atoms with Crippen molar-refractivity contribution in [3.63, 3.8) is 0 Å². The Morgan fingerprint density at radius 1 is 1.30 bits per heavy atom. The molecule has 8 heteroatoms. The van der Waals surface area contributed by atoms with Crippen molar-refractivity contribution in [2.45, 2.75) is 32.9 Å². The highest BCUT2D eigenvalue weighted by atomic mass is 19.1. The molecule has 20 heavy (non-hydrogen) atoms. The molecule has 1 unspecified atom stereocenters. The van der Waals surface area contributed by atoms with Gasteiger partial charge in [0, 0.05) is 18.2 Å². The topological polar surface area (TPSA) is 84.3 Å². The average Bonchev–Trinajstić information content (AvgIpc) is 2.25. The molecule has 110 valence electrons. The smallest absolute Gasteiger partial charge is 0.327 e. The molecule has 1 atom stereocenters. The third-order valence-corrected chi connectivity index (χ3v) is 2.41. The number of hydrogen-bond donors (Lipinski definition) is 2. The van der Waals surface area contributed by atoms with E-state index in [9.17, 15) is 23.7 Å². The van der Waals surface area contributed by atoms with Crippen molar-refractivity contribution in [1.29, 1.82) is 0 Å². The summed E-state index contributed by atoms with van der Waals surface area (Å²) < 4.78 is 26.5. The summed E-state index contributed by atoms with van der Waals surface area (Å²) >= 11 is 0. The Bertz CT molecular complexity index is 535. The summed E-state index contributed by atoms with van der Waals surface area (Å²) in [6.45, 7) is 4.92. The van der Waals surface area contributed by atoms with Gasteiger partial charge in [-0.15, -0.1) is 0 Å². The van der Waals surface area contributed by atoms with Gasteiger partial charge in [0.2, 0.25) is 11.7 Å². The van der Waals surface area contributed by atoms with Gasteiger partial charge in [-0.2, -0.15) is 4.39 Å². The first-order valence-electron chi connectivity index (χ1n) is 5.92. The van der Waals surface area contributed by atoms with Crippen molar-refractivity contribution in [3.05, 3.63) is 33.9 Å². The zero-order valence-corrected chi connectivity index (χ0v) is 11.2. The standard InChI is InChI=1S/C12H15F2N3O3/c1-6(2)15-12(18)7(3)16-10-5-8(13)4-9(14)11(10)17(19)20/h4-7,16H,1-3H3,(H,15,18). The van der Waals surface area contributed by atoms with Crippen LogP contribution in [-0.2, 0) is 4.79 Å². The number of nitro benzene ring substituents is 1. The molecule has 0 aliphatic carbocycles. The predicted octanol–water partition coefficient (Wildman–Crippen LogP) is 2.20. The van der Waals surface area contributed by atoms with Crippen LogP contribution in [0, 0.1) is 21.7 Å². The third kappa shape index (κ3) is 3.87. The maximum absolute atomic E-state index is 13.4. The predicted molar refractivity (Wildman–Crippen MR) is 69.4 cm³/mol. The van der Waals surface area contributed by atoms with E-state index in [4.69, 9.17) is 0 Å². The fourth-order valence-corrected chi connectivity index (χ4v) is 1.57. The van der Waals surface area contributed by atoms with Crippen molar-refractivity contribution in [2.24, 2.45) is 0 Å². The Kier molecular flexibility index (Phi) is 4.95. The SMILES string of the molecule is CC(C)NC(=O)C(C)Nc1cc(F)cc(F)c1[N+](=O)[O-]. The molecule has 0 radical (unpaired) electrons. The number of benzene rings is 1. The van der Waals surface area contributed by atoms with Gasteiger partial charge in [0.25, 0.3) is 0 Å². The summed E-state index contributed by atoms with van der Waals surface area (Å²) in [5, 5.41) is 15.8. The molecule has 0 saturated heterocycles. The molecule has 0 heterocycles. The Labute approximate surface area is 114 Å². The number of carbonyl (C=O) groups is 1. The minimum Gasteiger partial charge on any atom is -0.368 e. The molecule has 0 saturated carbocycles. The maximum Gasteiger partial charge on any atom is 0.327 e. The van der Waals surface area contributed by atoms with Crippen LogP contribution >= 0.6 is 0 Å². The summed E-state index contributed by atoms with van der Waals surface area (Å²) in [5.74, 6) is -2.69. The quantitative estimate of drug-likeness (QED) is 0.642. The molecule has 0 fully saturated rings. The van der Waals surface area contributed by atoms with Crippen LogP contribution in [0.4, 0.5) is 20.2 Å². The number of anilines is 1. The van der Waals surface area contributed by atoms with E-state index in [0.717, 1.165) is 6.07 Å². The van der Waals surface area contributed by atoms with Crippen LogP contribution in [-0.4, -0.2) is 22.9 Å². The zero-order chi connectivity index (χ0) is 15.4. The number of amides is 1. The monoisotopic (exact) mass is 287 g/mol. The van der Waals surface area contributed by atoms with Crippen molar-refractivity contribution in [3.8, 4) is 0 Å². The summed E-state index contributed by atoms with van der Waals surface area (Å²) in [4.78, 5) is 21.5. The van der Waals surface area contributed by atoms with E-state index in [2.05, 4.69) is 10.6 Å². The highest BCUT2D eigenvalue weighted by Gasteiger charge is 2.24. The average molecular weight is 287 g/mol. The van der Waals surface area contributed by atoms with Gasteiger partial charge >= 0.3 is 5.69 Å². The van der Waals surface area contributed by atoms with E-state index in [1.165, 1.54) is 6.92 Å². The third-order valence-electron chi connectivity index (χ3n) is 2.41.